The second-order valence-electron chi connectivity index (χ2n) is 6.20. The molecule has 0 aliphatic carbocycles. The summed E-state index contributed by atoms with van der Waals surface area (Å²) in [5.41, 5.74) is 1.47. The van der Waals surface area contributed by atoms with E-state index in [4.69, 9.17) is 21.1 Å². The summed E-state index contributed by atoms with van der Waals surface area (Å²) in [6, 6.07) is 12.7. The Morgan fingerprint density at radius 3 is 2.64 bits per heavy atom. The van der Waals surface area contributed by atoms with E-state index < -0.39 is 5.91 Å². The first-order valence-electron chi connectivity index (χ1n) is 8.52. The van der Waals surface area contributed by atoms with Crippen molar-refractivity contribution in [1.29, 1.82) is 5.26 Å². The number of carbonyl (C=O) groups is 1. The largest absolute Gasteiger partial charge is 0.493 e. The summed E-state index contributed by atoms with van der Waals surface area (Å²) >= 11 is 9.62. The lowest BCUT2D eigenvalue weighted by Gasteiger charge is -2.14. The molecule has 7 heteroatoms. The SMILES string of the molecule is COc1cc(/C=C(/C#N)C(=O)NC(C)C)c(Br)cc1OCc1ccccc1Cl. The lowest BCUT2D eigenvalue weighted by Crippen LogP contribution is -2.30. The highest BCUT2D eigenvalue weighted by Crippen LogP contribution is 2.35. The molecule has 0 bridgehead atoms. The Balaban J connectivity index is 2.30. The van der Waals surface area contributed by atoms with Crippen LogP contribution in [0.1, 0.15) is 25.0 Å². The van der Waals surface area contributed by atoms with Crippen LogP contribution < -0.4 is 14.8 Å². The zero-order valence-corrected chi connectivity index (χ0v) is 18.1. The van der Waals surface area contributed by atoms with Crippen LogP contribution in [-0.4, -0.2) is 19.1 Å². The summed E-state index contributed by atoms with van der Waals surface area (Å²) in [6.07, 6.45) is 1.50. The van der Waals surface area contributed by atoms with Gasteiger partial charge in [-0.05, 0) is 43.7 Å². The fraction of sp³-hybridized carbons (Fsp3) is 0.238. The van der Waals surface area contributed by atoms with Gasteiger partial charge >= 0.3 is 0 Å². The number of ether oxygens (including phenoxy) is 2. The van der Waals surface area contributed by atoms with Gasteiger partial charge in [0.1, 0.15) is 18.2 Å². The van der Waals surface area contributed by atoms with E-state index in [-0.39, 0.29) is 18.2 Å². The van der Waals surface area contributed by atoms with Gasteiger partial charge in [-0.3, -0.25) is 4.79 Å². The fourth-order valence-electron chi connectivity index (χ4n) is 2.35. The van der Waals surface area contributed by atoms with Crippen molar-refractivity contribution in [3.05, 3.63) is 62.6 Å². The van der Waals surface area contributed by atoms with Crippen molar-refractivity contribution in [2.45, 2.75) is 26.5 Å². The van der Waals surface area contributed by atoms with Crippen LogP contribution in [-0.2, 0) is 11.4 Å². The van der Waals surface area contributed by atoms with E-state index in [1.807, 2.05) is 38.1 Å². The number of amides is 1. The molecule has 0 heterocycles. The van der Waals surface area contributed by atoms with E-state index in [0.717, 1.165) is 5.56 Å². The van der Waals surface area contributed by atoms with Crippen LogP contribution in [0.4, 0.5) is 0 Å². The first kappa shape index (κ1) is 21.8. The quantitative estimate of drug-likeness (QED) is 0.457. The van der Waals surface area contributed by atoms with Crippen molar-refractivity contribution in [2.24, 2.45) is 0 Å². The molecule has 5 nitrogen and oxygen atoms in total. The van der Waals surface area contributed by atoms with Gasteiger partial charge in [0, 0.05) is 21.1 Å². The molecule has 0 saturated heterocycles. The second kappa shape index (κ2) is 10.2. The zero-order chi connectivity index (χ0) is 20.7. The summed E-state index contributed by atoms with van der Waals surface area (Å²) in [5.74, 6) is 0.557. The lowest BCUT2D eigenvalue weighted by molar-refractivity contribution is -0.117. The number of nitriles is 1. The molecule has 2 rings (SSSR count). The first-order valence-corrected chi connectivity index (χ1v) is 9.69. The van der Waals surface area contributed by atoms with Crippen molar-refractivity contribution >= 4 is 39.5 Å². The van der Waals surface area contributed by atoms with Crippen molar-refractivity contribution in [1.82, 2.24) is 5.32 Å². The number of benzene rings is 2. The minimum absolute atomic E-state index is 0.00110. The van der Waals surface area contributed by atoms with E-state index >= 15 is 0 Å². The zero-order valence-electron chi connectivity index (χ0n) is 15.8. The molecular weight excluding hydrogens is 444 g/mol. The maximum Gasteiger partial charge on any atom is 0.262 e. The molecule has 0 atom stereocenters. The van der Waals surface area contributed by atoms with E-state index in [0.29, 0.717) is 26.6 Å². The third kappa shape index (κ3) is 5.75. The Bertz CT molecular complexity index is 936. The highest BCUT2D eigenvalue weighted by molar-refractivity contribution is 9.10. The van der Waals surface area contributed by atoms with Crippen LogP contribution in [0.3, 0.4) is 0 Å². The van der Waals surface area contributed by atoms with Crippen LogP contribution in [0.15, 0.2) is 46.4 Å². The number of halogens is 2. The number of nitrogens with one attached hydrogen (secondary N) is 1. The minimum atomic E-state index is -0.428. The number of hydrogen-bond acceptors (Lipinski definition) is 4. The molecule has 0 aromatic heterocycles. The van der Waals surface area contributed by atoms with Gasteiger partial charge in [0.25, 0.3) is 5.91 Å². The normalized spacial score (nSPS) is 11.1. The van der Waals surface area contributed by atoms with Gasteiger partial charge in [-0.1, -0.05) is 45.7 Å². The minimum Gasteiger partial charge on any atom is -0.493 e. The van der Waals surface area contributed by atoms with Crippen LogP contribution in [0.25, 0.3) is 6.08 Å². The Labute approximate surface area is 178 Å². The predicted octanol–water partition coefficient (Wildman–Crippen LogP) is 5.12. The van der Waals surface area contributed by atoms with Gasteiger partial charge in [0.05, 0.1) is 7.11 Å². The molecule has 0 spiro atoms. The maximum absolute atomic E-state index is 12.1. The van der Waals surface area contributed by atoms with Crippen molar-refractivity contribution in [3.8, 4) is 17.6 Å². The summed E-state index contributed by atoms with van der Waals surface area (Å²) in [5, 5.41) is 12.6. The average molecular weight is 464 g/mol. The van der Waals surface area contributed by atoms with E-state index in [2.05, 4.69) is 21.2 Å². The molecule has 0 saturated carbocycles. The molecule has 0 radical (unpaired) electrons. The standard InChI is InChI=1S/C21H20BrClN2O3/c1-13(2)25-21(26)16(11-24)8-15-9-19(27-3)20(10-17(15)22)28-12-14-6-4-5-7-18(14)23/h4-10,13H,12H2,1-3H3,(H,25,26)/b16-8-. The topological polar surface area (TPSA) is 71.3 Å². The van der Waals surface area contributed by atoms with Crippen LogP contribution in [0.5, 0.6) is 11.5 Å². The molecule has 1 amide bonds. The molecule has 28 heavy (non-hydrogen) atoms. The van der Waals surface area contributed by atoms with Crippen LogP contribution >= 0.6 is 27.5 Å². The molecular formula is C21H20BrClN2O3. The number of hydrogen-bond donors (Lipinski definition) is 1. The van der Waals surface area contributed by atoms with Gasteiger partial charge in [-0.2, -0.15) is 5.26 Å². The van der Waals surface area contributed by atoms with Crippen molar-refractivity contribution in [3.63, 3.8) is 0 Å². The Hall–Kier alpha value is -2.49. The van der Waals surface area contributed by atoms with E-state index in [1.54, 1.807) is 18.2 Å². The molecule has 2 aromatic carbocycles. The number of rotatable bonds is 7. The maximum atomic E-state index is 12.1. The van der Waals surface area contributed by atoms with Crippen LogP contribution in [0.2, 0.25) is 5.02 Å². The highest BCUT2D eigenvalue weighted by Gasteiger charge is 2.14. The van der Waals surface area contributed by atoms with Gasteiger partial charge in [-0.15, -0.1) is 0 Å². The van der Waals surface area contributed by atoms with Gasteiger partial charge in [0.2, 0.25) is 0 Å². The average Bonchev–Trinajstić information content (AvgIpc) is 2.65. The molecule has 0 aliphatic rings. The van der Waals surface area contributed by atoms with Gasteiger partial charge in [-0.25, -0.2) is 0 Å². The van der Waals surface area contributed by atoms with Gasteiger partial charge < -0.3 is 14.8 Å². The van der Waals surface area contributed by atoms with E-state index in [9.17, 15) is 10.1 Å². The predicted molar refractivity (Wildman–Crippen MR) is 113 cm³/mol. The first-order chi connectivity index (χ1) is 13.3. The Morgan fingerprint density at radius 2 is 2.04 bits per heavy atom. The molecule has 0 unspecified atom stereocenters. The van der Waals surface area contributed by atoms with Crippen molar-refractivity contribution < 1.29 is 14.3 Å². The number of carbonyl (C=O) groups excluding carboxylic acids is 1. The monoisotopic (exact) mass is 462 g/mol. The van der Waals surface area contributed by atoms with Gasteiger partial charge in [0.15, 0.2) is 11.5 Å². The molecule has 146 valence electrons. The summed E-state index contributed by atoms with van der Waals surface area (Å²) in [4.78, 5) is 12.1. The third-order valence-electron chi connectivity index (χ3n) is 3.71. The molecule has 0 aliphatic heterocycles. The van der Waals surface area contributed by atoms with Crippen molar-refractivity contribution in [2.75, 3.05) is 7.11 Å². The molecule has 0 fully saturated rings. The highest BCUT2D eigenvalue weighted by atomic mass is 79.9. The number of methoxy groups -OCH3 is 1. The second-order valence-corrected chi connectivity index (χ2v) is 7.46. The fourth-order valence-corrected chi connectivity index (χ4v) is 2.98. The Kier molecular flexibility index (Phi) is 7.91. The summed E-state index contributed by atoms with van der Waals surface area (Å²) in [6.45, 7) is 3.94. The molecule has 1 N–H and O–H groups in total. The number of nitrogens with zero attached hydrogens (tertiary/aromatic N) is 1. The summed E-state index contributed by atoms with van der Waals surface area (Å²) < 4.78 is 11.9. The third-order valence-corrected chi connectivity index (χ3v) is 4.76. The summed E-state index contributed by atoms with van der Waals surface area (Å²) in [7, 11) is 1.52. The van der Waals surface area contributed by atoms with Crippen LogP contribution in [0, 0.1) is 11.3 Å². The Morgan fingerprint density at radius 1 is 1.32 bits per heavy atom. The van der Waals surface area contributed by atoms with E-state index in [1.165, 1.54) is 13.2 Å². The lowest BCUT2D eigenvalue weighted by atomic mass is 10.1. The molecule has 2 aromatic rings. The smallest absolute Gasteiger partial charge is 0.262 e.